The number of likely N-dealkylation sites (tertiary alicyclic amines) is 1. The average Bonchev–Trinajstić information content (AvgIpc) is 3.29. The zero-order chi connectivity index (χ0) is 18.7. The molecule has 0 saturated carbocycles. The van der Waals surface area contributed by atoms with Crippen molar-refractivity contribution in [1.29, 1.82) is 0 Å². The van der Waals surface area contributed by atoms with Crippen molar-refractivity contribution in [3.8, 4) is 0 Å². The van der Waals surface area contributed by atoms with Gasteiger partial charge in [0, 0.05) is 31.8 Å². The van der Waals surface area contributed by atoms with Crippen LogP contribution in [-0.4, -0.2) is 56.5 Å². The predicted octanol–water partition coefficient (Wildman–Crippen LogP) is 0.151. The molecule has 0 unspecified atom stereocenters. The van der Waals surface area contributed by atoms with E-state index in [9.17, 15) is 18.0 Å². The minimum absolute atomic E-state index is 0.0795. The lowest BCUT2D eigenvalue weighted by atomic mass is 9.73. The molecule has 3 aliphatic heterocycles. The SMILES string of the molecule is CC(=O)NC[C@H]1[C@H]2CN(C(=O)c3sccc3S(N)(=O)=O)C[C@]23CC[C@H]1O3. The Morgan fingerprint density at radius 3 is 2.96 bits per heavy atom. The molecular weight excluding hydrogens is 378 g/mol. The Balaban J connectivity index is 1.56. The third-order valence-electron chi connectivity index (χ3n) is 5.79. The van der Waals surface area contributed by atoms with Crippen LogP contribution in [0.1, 0.15) is 29.4 Å². The van der Waals surface area contributed by atoms with Crippen molar-refractivity contribution in [2.75, 3.05) is 19.6 Å². The fourth-order valence-corrected chi connectivity index (χ4v) is 6.64. The Morgan fingerprint density at radius 1 is 1.50 bits per heavy atom. The lowest BCUT2D eigenvalue weighted by molar-refractivity contribution is -0.119. The Labute approximate surface area is 155 Å². The number of nitrogens with zero attached hydrogens (tertiary/aromatic N) is 1. The van der Waals surface area contributed by atoms with Crippen LogP contribution in [0.2, 0.25) is 0 Å². The summed E-state index contributed by atoms with van der Waals surface area (Å²) in [5.41, 5.74) is -0.373. The van der Waals surface area contributed by atoms with E-state index in [2.05, 4.69) is 5.32 Å². The number of carbonyl (C=O) groups is 2. The second-order valence-electron chi connectivity index (χ2n) is 7.31. The molecule has 4 rings (SSSR count). The van der Waals surface area contributed by atoms with Gasteiger partial charge in [-0.25, -0.2) is 13.6 Å². The van der Waals surface area contributed by atoms with Crippen LogP contribution in [0.25, 0.3) is 0 Å². The Bertz CT molecular complexity index is 867. The molecule has 1 aromatic heterocycles. The van der Waals surface area contributed by atoms with Crippen molar-refractivity contribution in [3.63, 3.8) is 0 Å². The molecule has 2 amide bonds. The second-order valence-corrected chi connectivity index (χ2v) is 9.76. The van der Waals surface area contributed by atoms with E-state index < -0.39 is 10.0 Å². The first-order valence-electron chi connectivity index (χ1n) is 8.53. The zero-order valence-electron chi connectivity index (χ0n) is 14.3. The molecule has 1 spiro atoms. The first kappa shape index (κ1) is 17.9. The highest BCUT2D eigenvalue weighted by Gasteiger charge is 2.63. The summed E-state index contributed by atoms with van der Waals surface area (Å²) in [5, 5.41) is 9.65. The molecule has 2 bridgehead atoms. The maximum Gasteiger partial charge on any atom is 0.265 e. The van der Waals surface area contributed by atoms with Gasteiger partial charge in [-0.2, -0.15) is 0 Å². The number of thiophene rings is 1. The molecule has 3 saturated heterocycles. The third-order valence-corrected chi connectivity index (χ3v) is 7.77. The summed E-state index contributed by atoms with van der Waals surface area (Å²) in [4.78, 5) is 25.9. The van der Waals surface area contributed by atoms with Crippen LogP contribution in [0.5, 0.6) is 0 Å². The molecule has 4 atom stereocenters. The largest absolute Gasteiger partial charge is 0.369 e. The first-order valence-corrected chi connectivity index (χ1v) is 11.0. The van der Waals surface area contributed by atoms with E-state index >= 15 is 0 Å². The topological polar surface area (TPSA) is 119 Å². The van der Waals surface area contributed by atoms with Crippen LogP contribution in [0.15, 0.2) is 16.3 Å². The summed E-state index contributed by atoms with van der Waals surface area (Å²) in [6, 6.07) is 1.37. The summed E-state index contributed by atoms with van der Waals surface area (Å²) in [6.45, 7) is 2.98. The molecule has 8 nitrogen and oxygen atoms in total. The molecule has 4 heterocycles. The van der Waals surface area contributed by atoms with Crippen LogP contribution < -0.4 is 10.5 Å². The van der Waals surface area contributed by atoms with Gasteiger partial charge in [-0.15, -0.1) is 11.3 Å². The van der Waals surface area contributed by atoms with E-state index in [4.69, 9.17) is 9.88 Å². The summed E-state index contributed by atoms with van der Waals surface area (Å²) in [7, 11) is -3.94. The number of primary sulfonamides is 1. The number of carbonyl (C=O) groups excluding carboxylic acids is 2. The molecule has 0 aromatic carbocycles. The quantitative estimate of drug-likeness (QED) is 0.747. The minimum atomic E-state index is -3.94. The van der Waals surface area contributed by atoms with Gasteiger partial charge in [0.15, 0.2) is 0 Å². The monoisotopic (exact) mass is 399 g/mol. The number of nitrogens with two attached hydrogens (primary N) is 1. The van der Waals surface area contributed by atoms with E-state index in [1.807, 2.05) is 0 Å². The molecule has 26 heavy (non-hydrogen) atoms. The smallest absolute Gasteiger partial charge is 0.265 e. The predicted molar refractivity (Wildman–Crippen MR) is 94.1 cm³/mol. The zero-order valence-corrected chi connectivity index (χ0v) is 15.9. The van der Waals surface area contributed by atoms with Gasteiger partial charge in [-0.05, 0) is 24.3 Å². The van der Waals surface area contributed by atoms with E-state index in [1.54, 1.807) is 10.3 Å². The number of sulfonamides is 1. The van der Waals surface area contributed by atoms with Gasteiger partial charge in [-0.3, -0.25) is 9.59 Å². The van der Waals surface area contributed by atoms with Gasteiger partial charge in [0.1, 0.15) is 9.77 Å². The van der Waals surface area contributed by atoms with Crippen LogP contribution in [0.4, 0.5) is 0 Å². The second kappa shape index (κ2) is 6.01. The lowest BCUT2D eigenvalue weighted by Gasteiger charge is -2.29. The molecule has 0 radical (unpaired) electrons. The van der Waals surface area contributed by atoms with E-state index in [1.165, 1.54) is 13.0 Å². The summed E-state index contributed by atoms with van der Waals surface area (Å²) >= 11 is 1.08. The van der Waals surface area contributed by atoms with Crippen molar-refractivity contribution in [1.82, 2.24) is 10.2 Å². The van der Waals surface area contributed by atoms with E-state index in [0.717, 1.165) is 24.2 Å². The molecule has 10 heteroatoms. The number of ether oxygens (including phenoxy) is 1. The molecule has 1 aromatic rings. The highest BCUT2D eigenvalue weighted by Crippen LogP contribution is 2.54. The number of fused-ring (bicyclic) bond motifs is 1. The molecule has 142 valence electrons. The first-order chi connectivity index (χ1) is 12.2. The Kier molecular flexibility index (Phi) is 4.14. The summed E-state index contributed by atoms with van der Waals surface area (Å²) < 4.78 is 29.7. The van der Waals surface area contributed by atoms with E-state index in [-0.39, 0.29) is 45.1 Å². The molecule has 3 fully saturated rings. The average molecular weight is 399 g/mol. The van der Waals surface area contributed by atoms with Crippen LogP contribution in [-0.2, 0) is 19.6 Å². The highest BCUT2D eigenvalue weighted by molar-refractivity contribution is 7.89. The summed E-state index contributed by atoms with van der Waals surface area (Å²) in [6.07, 6.45) is 1.92. The molecular formula is C16H21N3O5S2. The maximum atomic E-state index is 12.9. The number of amides is 2. The molecule has 3 N–H and O–H groups in total. The van der Waals surface area contributed by atoms with Crippen molar-refractivity contribution in [2.45, 2.75) is 36.4 Å². The van der Waals surface area contributed by atoms with Gasteiger partial charge < -0.3 is 15.0 Å². The number of nitrogens with one attached hydrogen (secondary N) is 1. The van der Waals surface area contributed by atoms with Gasteiger partial charge in [0.2, 0.25) is 15.9 Å². The number of rotatable bonds is 4. The van der Waals surface area contributed by atoms with Crippen molar-refractivity contribution in [2.24, 2.45) is 17.0 Å². The van der Waals surface area contributed by atoms with Crippen molar-refractivity contribution in [3.05, 3.63) is 16.3 Å². The lowest BCUT2D eigenvalue weighted by Crippen LogP contribution is -2.41. The summed E-state index contributed by atoms with van der Waals surface area (Å²) in [5.74, 6) is -0.0799. The van der Waals surface area contributed by atoms with E-state index in [0.29, 0.717) is 19.6 Å². The van der Waals surface area contributed by atoms with Gasteiger partial charge in [0.25, 0.3) is 5.91 Å². The Hall–Kier alpha value is -1.49. The Morgan fingerprint density at radius 2 is 2.27 bits per heavy atom. The highest BCUT2D eigenvalue weighted by atomic mass is 32.2. The van der Waals surface area contributed by atoms with Crippen molar-refractivity contribution >= 4 is 33.2 Å². The maximum absolute atomic E-state index is 12.9. The van der Waals surface area contributed by atoms with Crippen LogP contribution in [0, 0.1) is 11.8 Å². The molecule has 3 aliphatic rings. The number of hydrogen-bond acceptors (Lipinski definition) is 6. The van der Waals surface area contributed by atoms with Crippen molar-refractivity contribution < 1.29 is 22.7 Å². The standard InChI is InChI=1S/C16H21N3O5S2/c1-9(20)18-6-10-11-7-19(8-16(11)4-2-12(10)24-16)15(21)14-13(3-5-25-14)26(17,22)23/h3,5,10-12H,2,4,6-8H2,1H3,(H,18,20)(H2,17,22,23)/t10-,11+,12+,16+/m0/s1. The number of hydrogen-bond donors (Lipinski definition) is 2. The fourth-order valence-electron chi connectivity index (χ4n) is 4.70. The molecule has 0 aliphatic carbocycles. The van der Waals surface area contributed by atoms with Crippen LogP contribution in [0.3, 0.4) is 0 Å². The van der Waals surface area contributed by atoms with Gasteiger partial charge in [-0.1, -0.05) is 0 Å². The van der Waals surface area contributed by atoms with Gasteiger partial charge in [0.05, 0.1) is 18.2 Å². The minimum Gasteiger partial charge on any atom is -0.369 e. The normalized spacial score (nSPS) is 32.7. The third kappa shape index (κ3) is 2.75. The fraction of sp³-hybridized carbons (Fsp3) is 0.625. The van der Waals surface area contributed by atoms with Gasteiger partial charge >= 0.3 is 0 Å². The van der Waals surface area contributed by atoms with Crippen LogP contribution >= 0.6 is 11.3 Å².